The van der Waals surface area contributed by atoms with E-state index < -0.39 is 30.2 Å². The van der Waals surface area contributed by atoms with Crippen molar-refractivity contribution >= 4 is 18.0 Å². The van der Waals surface area contributed by atoms with E-state index in [9.17, 15) is 19.8 Å². The second kappa shape index (κ2) is 15.7. The van der Waals surface area contributed by atoms with Gasteiger partial charge in [0.25, 0.3) is 0 Å². The third kappa shape index (κ3) is 10.1. The van der Waals surface area contributed by atoms with Crippen molar-refractivity contribution in [1.82, 2.24) is 4.98 Å². The first kappa shape index (κ1) is 33.0. The molecule has 0 radical (unpaired) electrons. The molecule has 2 aliphatic heterocycles. The number of aliphatic hydroxyl groups is 2. The van der Waals surface area contributed by atoms with Gasteiger partial charge in [-0.25, -0.2) is 9.78 Å². The molecule has 0 spiro atoms. The Labute approximate surface area is 249 Å². The Morgan fingerprint density at radius 3 is 2.64 bits per heavy atom. The summed E-state index contributed by atoms with van der Waals surface area (Å²) in [5.74, 6) is -0.577. The van der Waals surface area contributed by atoms with E-state index in [1.807, 2.05) is 77.2 Å². The zero-order valence-corrected chi connectivity index (χ0v) is 25.5. The van der Waals surface area contributed by atoms with Gasteiger partial charge in [0, 0.05) is 37.7 Å². The summed E-state index contributed by atoms with van der Waals surface area (Å²) < 4.78 is 16.6. The van der Waals surface area contributed by atoms with Gasteiger partial charge in [-0.1, -0.05) is 56.4 Å². The van der Waals surface area contributed by atoms with Gasteiger partial charge in [0.2, 0.25) is 0 Å². The molecule has 2 N–H and O–H groups in total. The molecule has 7 atom stereocenters. The fourth-order valence-electron chi connectivity index (χ4n) is 5.15. The second-order valence-corrected chi connectivity index (χ2v) is 11.6. The zero-order valence-electron chi connectivity index (χ0n) is 25.5. The molecule has 2 bridgehead atoms. The maximum absolute atomic E-state index is 12.8. The van der Waals surface area contributed by atoms with Crippen LogP contribution in [-0.2, 0) is 19.1 Å². The summed E-state index contributed by atoms with van der Waals surface area (Å²) >= 11 is 0. The van der Waals surface area contributed by atoms with Gasteiger partial charge in [0.05, 0.1) is 12.2 Å². The lowest BCUT2D eigenvalue weighted by molar-refractivity contribution is -0.158. The van der Waals surface area contributed by atoms with Crippen LogP contribution < -0.4 is 0 Å². The minimum Gasteiger partial charge on any atom is -0.462 e. The van der Waals surface area contributed by atoms with Crippen LogP contribution >= 0.6 is 0 Å². The standard InChI is InChI=1S/C34H45NO7/c1-21(16-28-20-40-26(6)35-28)10-7-13-24(4)34(39)25(5)31-19-29(36)22(2)11-8-12-23(3)30-17-27(18-33(38)41-30)14-9-15-32(37)42-31/h7-13,15-16,20,23,25,27,29-31,34,36,39H,14,17-19H2,1-6H3. The number of ether oxygens (including phenoxy) is 2. The van der Waals surface area contributed by atoms with Crippen LogP contribution in [0.2, 0.25) is 0 Å². The van der Waals surface area contributed by atoms with Crippen molar-refractivity contribution in [3.8, 4) is 0 Å². The van der Waals surface area contributed by atoms with Crippen molar-refractivity contribution in [2.75, 3.05) is 0 Å². The number of allylic oxidation sites excluding steroid dienone is 7. The van der Waals surface area contributed by atoms with Crippen LogP contribution in [0.15, 0.2) is 76.0 Å². The van der Waals surface area contributed by atoms with Crippen molar-refractivity contribution in [2.45, 2.75) is 91.6 Å². The van der Waals surface area contributed by atoms with Crippen LogP contribution in [0.1, 0.15) is 71.9 Å². The van der Waals surface area contributed by atoms with Gasteiger partial charge >= 0.3 is 11.9 Å². The molecular formula is C34H45NO7. The SMILES string of the molecule is CC(C=CC=C(C)C(O)C(C)C1CC(O)C(C)=CC=CC(C)C2CC(CC=CC(=O)O1)CC(=O)O2)=Cc1coc(C)n1. The number of rotatable bonds is 6. The average Bonchev–Trinajstić information content (AvgIpc) is 3.34. The molecule has 8 nitrogen and oxygen atoms in total. The number of aliphatic hydroxyl groups excluding tert-OH is 2. The van der Waals surface area contributed by atoms with Gasteiger partial charge in [0.1, 0.15) is 24.2 Å². The van der Waals surface area contributed by atoms with Crippen molar-refractivity contribution in [1.29, 1.82) is 0 Å². The third-order valence-electron chi connectivity index (χ3n) is 7.92. The summed E-state index contributed by atoms with van der Waals surface area (Å²) in [7, 11) is 0. The summed E-state index contributed by atoms with van der Waals surface area (Å²) in [4.78, 5) is 29.3. The molecule has 1 saturated heterocycles. The van der Waals surface area contributed by atoms with E-state index in [0.717, 1.165) is 11.3 Å². The molecule has 2 aliphatic rings. The van der Waals surface area contributed by atoms with Crippen molar-refractivity contribution in [2.24, 2.45) is 17.8 Å². The van der Waals surface area contributed by atoms with Crippen LogP contribution in [-0.4, -0.2) is 51.6 Å². The Morgan fingerprint density at radius 2 is 1.93 bits per heavy atom. The molecular weight excluding hydrogens is 534 g/mol. The van der Waals surface area contributed by atoms with Gasteiger partial charge in [-0.15, -0.1) is 0 Å². The third-order valence-corrected chi connectivity index (χ3v) is 7.92. The topological polar surface area (TPSA) is 119 Å². The van der Waals surface area contributed by atoms with E-state index in [1.54, 1.807) is 19.3 Å². The molecule has 42 heavy (non-hydrogen) atoms. The van der Waals surface area contributed by atoms with E-state index in [4.69, 9.17) is 13.9 Å². The minimum absolute atomic E-state index is 0.0114. The van der Waals surface area contributed by atoms with Crippen LogP contribution in [0.5, 0.6) is 0 Å². The van der Waals surface area contributed by atoms with Gasteiger partial charge in [-0.05, 0) is 62.3 Å². The molecule has 0 aromatic carbocycles. The van der Waals surface area contributed by atoms with Crippen molar-refractivity contribution < 1.29 is 33.7 Å². The molecule has 0 aliphatic carbocycles. The molecule has 1 aromatic rings. The smallest absolute Gasteiger partial charge is 0.330 e. The summed E-state index contributed by atoms with van der Waals surface area (Å²) in [6, 6.07) is 0. The van der Waals surface area contributed by atoms with Crippen LogP contribution in [0, 0.1) is 24.7 Å². The number of carbonyl (C=O) groups is 2. The van der Waals surface area contributed by atoms with Crippen molar-refractivity contribution in [3.05, 3.63) is 83.2 Å². The molecule has 1 aromatic heterocycles. The predicted molar refractivity (Wildman–Crippen MR) is 162 cm³/mol. The summed E-state index contributed by atoms with van der Waals surface area (Å²) in [5.41, 5.74) is 3.09. The molecule has 3 heterocycles. The van der Waals surface area contributed by atoms with Crippen LogP contribution in [0.25, 0.3) is 6.08 Å². The van der Waals surface area contributed by atoms with Gasteiger partial charge in [-0.2, -0.15) is 0 Å². The Morgan fingerprint density at radius 1 is 1.17 bits per heavy atom. The van der Waals surface area contributed by atoms with Gasteiger partial charge < -0.3 is 24.1 Å². The summed E-state index contributed by atoms with van der Waals surface area (Å²) in [6.07, 6.45) is 16.8. The first-order valence-electron chi connectivity index (χ1n) is 14.7. The highest BCUT2D eigenvalue weighted by molar-refractivity contribution is 5.82. The number of aromatic nitrogens is 1. The molecule has 0 saturated carbocycles. The van der Waals surface area contributed by atoms with E-state index in [-0.39, 0.29) is 30.3 Å². The Hall–Kier alpha value is -3.49. The average molecular weight is 580 g/mol. The zero-order chi connectivity index (χ0) is 30.8. The number of fused-ring (bicyclic) bond motifs is 2. The van der Waals surface area contributed by atoms with Gasteiger partial charge in [-0.3, -0.25) is 4.79 Å². The number of oxazole rings is 1. The van der Waals surface area contributed by atoms with E-state index in [1.165, 1.54) is 6.08 Å². The highest BCUT2D eigenvalue weighted by Gasteiger charge is 2.32. The molecule has 228 valence electrons. The lowest BCUT2D eigenvalue weighted by Gasteiger charge is -2.31. The van der Waals surface area contributed by atoms with Crippen LogP contribution in [0.3, 0.4) is 0 Å². The second-order valence-electron chi connectivity index (χ2n) is 11.6. The summed E-state index contributed by atoms with van der Waals surface area (Å²) in [5, 5.41) is 22.1. The van der Waals surface area contributed by atoms with Gasteiger partial charge in [0.15, 0.2) is 5.89 Å². The Kier molecular flexibility index (Phi) is 12.3. The maximum atomic E-state index is 12.8. The number of carbonyl (C=O) groups excluding carboxylic acids is 2. The number of hydrogen-bond donors (Lipinski definition) is 2. The van der Waals surface area contributed by atoms with E-state index in [2.05, 4.69) is 4.98 Å². The highest BCUT2D eigenvalue weighted by Crippen LogP contribution is 2.30. The highest BCUT2D eigenvalue weighted by atomic mass is 16.5. The number of aryl methyl sites for hydroxylation is 1. The number of esters is 2. The number of nitrogens with zero attached hydrogens (tertiary/aromatic N) is 1. The number of cyclic esters (lactones) is 1. The first-order chi connectivity index (χ1) is 19.9. The molecule has 8 heteroatoms. The quantitative estimate of drug-likeness (QED) is 0.313. The number of hydrogen-bond acceptors (Lipinski definition) is 8. The van der Waals surface area contributed by atoms with Crippen LogP contribution in [0.4, 0.5) is 0 Å². The molecule has 0 amide bonds. The summed E-state index contributed by atoms with van der Waals surface area (Å²) in [6.45, 7) is 11.2. The molecule has 3 rings (SSSR count). The Balaban J connectivity index is 1.76. The maximum Gasteiger partial charge on any atom is 0.330 e. The fourth-order valence-corrected chi connectivity index (χ4v) is 5.15. The lowest BCUT2D eigenvalue weighted by Crippen LogP contribution is -2.36. The van der Waals surface area contributed by atoms with E-state index >= 15 is 0 Å². The monoisotopic (exact) mass is 579 g/mol. The van der Waals surface area contributed by atoms with Crippen molar-refractivity contribution in [3.63, 3.8) is 0 Å². The van der Waals surface area contributed by atoms with E-state index in [0.29, 0.717) is 36.3 Å². The lowest BCUT2D eigenvalue weighted by atomic mass is 9.86. The molecule has 7 unspecified atom stereocenters. The first-order valence-corrected chi connectivity index (χ1v) is 14.7. The normalized spacial score (nSPS) is 28.3. The largest absolute Gasteiger partial charge is 0.462 e. The minimum atomic E-state index is -0.910. The molecule has 1 fully saturated rings. The predicted octanol–water partition coefficient (Wildman–Crippen LogP) is 5.97. The fraction of sp³-hybridized carbons (Fsp3) is 0.500. The Bertz CT molecular complexity index is 1260.